The third-order valence-electron chi connectivity index (χ3n) is 3.29. The van der Waals surface area contributed by atoms with Gasteiger partial charge in [-0.15, -0.1) is 0 Å². The van der Waals surface area contributed by atoms with Crippen molar-refractivity contribution in [1.29, 1.82) is 0 Å². The van der Waals surface area contributed by atoms with Crippen LogP contribution in [0.2, 0.25) is 0 Å². The van der Waals surface area contributed by atoms with E-state index in [0.717, 1.165) is 4.31 Å². The summed E-state index contributed by atoms with van der Waals surface area (Å²) in [5.41, 5.74) is 4.16. The Bertz CT molecular complexity index is 631. The number of benzene rings is 1. The third-order valence-corrected chi connectivity index (χ3v) is 5.21. The maximum absolute atomic E-state index is 13.0. The highest BCUT2D eigenvalue weighted by Gasteiger charge is 2.40. The summed E-state index contributed by atoms with van der Waals surface area (Å²) < 4.78 is 77.5. The summed E-state index contributed by atoms with van der Waals surface area (Å²) in [6, 6.07) is 1.12. The van der Waals surface area contributed by atoms with Crippen molar-refractivity contribution in [2.24, 2.45) is 5.73 Å². The second-order valence-corrected chi connectivity index (χ2v) is 6.81. The van der Waals surface area contributed by atoms with E-state index in [1.807, 2.05) is 0 Å². The van der Waals surface area contributed by atoms with Gasteiger partial charge >= 0.3 is 6.18 Å². The molecule has 2 rings (SSSR count). The van der Waals surface area contributed by atoms with Gasteiger partial charge in [-0.25, -0.2) is 12.8 Å². The molecular formula is C12H14F4N2O2S. The number of hydrogen-bond donors (Lipinski definition) is 1. The van der Waals surface area contributed by atoms with Crippen molar-refractivity contribution >= 4 is 10.0 Å². The maximum Gasteiger partial charge on any atom is 0.417 e. The quantitative estimate of drug-likeness (QED) is 0.845. The van der Waals surface area contributed by atoms with E-state index < -0.39 is 38.5 Å². The molecule has 1 aliphatic heterocycles. The molecule has 118 valence electrons. The van der Waals surface area contributed by atoms with Crippen LogP contribution in [-0.4, -0.2) is 31.9 Å². The molecule has 2 N–H and O–H groups in total. The largest absolute Gasteiger partial charge is 0.417 e. The third kappa shape index (κ3) is 3.35. The van der Waals surface area contributed by atoms with Crippen molar-refractivity contribution < 1.29 is 26.0 Å². The zero-order valence-corrected chi connectivity index (χ0v) is 11.7. The van der Waals surface area contributed by atoms with Gasteiger partial charge in [-0.05, 0) is 31.0 Å². The molecule has 1 aromatic carbocycles. The Morgan fingerprint density at radius 3 is 2.52 bits per heavy atom. The van der Waals surface area contributed by atoms with Gasteiger partial charge in [-0.3, -0.25) is 0 Å². The highest BCUT2D eigenvalue weighted by atomic mass is 32.2. The van der Waals surface area contributed by atoms with Gasteiger partial charge in [0.05, 0.1) is 10.5 Å². The molecule has 1 atom stereocenters. The first-order chi connectivity index (χ1) is 9.62. The summed E-state index contributed by atoms with van der Waals surface area (Å²) in [7, 11) is -4.36. The first-order valence-electron chi connectivity index (χ1n) is 6.25. The molecular weight excluding hydrogens is 312 g/mol. The molecule has 4 nitrogen and oxygen atoms in total. The average Bonchev–Trinajstić information content (AvgIpc) is 2.37. The van der Waals surface area contributed by atoms with Gasteiger partial charge in [-0.2, -0.15) is 17.5 Å². The lowest BCUT2D eigenvalue weighted by Crippen LogP contribution is -2.46. The van der Waals surface area contributed by atoms with Crippen LogP contribution in [-0.2, 0) is 16.2 Å². The maximum atomic E-state index is 13.0. The molecule has 1 saturated heterocycles. The number of hydrogen-bond acceptors (Lipinski definition) is 3. The second kappa shape index (κ2) is 5.54. The van der Waals surface area contributed by atoms with E-state index in [0.29, 0.717) is 25.0 Å². The molecule has 0 radical (unpaired) electrons. The fourth-order valence-corrected chi connectivity index (χ4v) is 4.01. The van der Waals surface area contributed by atoms with Crippen LogP contribution in [0.4, 0.5) is 17.6 Å². The number of nitrogens with zero attached hydrogens (tertiary/aromatic N) is 1. The van der Waals surface area contributed by atoms with Gasteiger partial charge in [0, 0.05) is 19.1 Å². The van der Waals surface area contributed by atoms with E-state index >= 15 is 0 Å². The van der Waals surface area contributed by atoms with Crippen molar-refractivity contribution in [3.05, 3.63) is 29.6 Å². The van der Waals surface area contributed by atoms with E-state index in [4.69, 9.17) is 5.73 Å². The lowest BCUT2D eigenvalue weighted by molar-refractivity contribution is -0.140. The van der Waals surface area contributed by atoms with Crippen LogP contribution in [0.1, 0.15) is 18.4 Å². The molecule has 1 aromatic rings. The van der Waals surface area contributed by atoms with Crippen LogP contribution in [0.5, 0.6) is 0 Å². The molecule has 21 heavy (non-hydrogen) atoms. The molecule has 0 aliphatic carbocycles. The molecule has 0 saturated carbocycles. The Kier molecular flexibility index (Phi) is 4.27. The summed E-state index contributed by atoms with van der Waals surface area (Å²) in [5, 5.41) is 0. The number of piperidine rings is 1. The topological polar surface area (TPSA) is 63.4 Å². The highest BCUT2D eigenvalue weighted by Crippen LogP contribution is 2.36. The van der Waals surface area contributed by atoms with E-state index in [1.54, 1.807) is 0 Å². The fourth-order valence-electron chi connectivity index (χ4n) is 2.28. The van der Waals surface area contributed by atoms with Crippen LogP contribution in [0.25, 0.3) is 0 Å². The molecule has 0 aromatic heterocycles. The lowest BCUT2D eigenvalue weighted by atomic mass is 10.1. The van der Waals surface area contributed by atoms with Gasteiger partial charge in [0.2, 0.25) is 10.0 Å². The molecule has 1 fully saturated rings. The van der Waals surface area contributed by atoms with E-state index in [1.165, 1.54) is 0 Å². The minimum atomic E-state index is -4.96. The van der Waals surface area contributed by atoms with E-state index in [9.17, 15) is 26.0 Å². The van der Waals surface area contributed by atoms with Gasteiger partial charge in [-0.1, -0.05) is 0 Å². The van der Waals surface area contributed by atoms with Crippen molar-refractivity contribution in [2.45, 2.75) is 30.0 Å². The monoisotopic (exact) mass is 326 g/mol. The fraction of sp³-hybridized carbons (Fsp3) is 0.500. The standard InChI is InChI=1S/C12H14F4N2O2S/c13-8-3-4-11(10(6-8)12(14,15)16)21(19,20)18-5-1-2-9(17)7-18/h3-4,6,9H,1-2,5,7,17H2. The summed E-state index contributed by atoms with van der Waals surface area (Å²) in [4.78, 5) is -0.939. The highest BCUT2D eigenvalue weighted by molar-refractivity contribution is 7.89. The molecule has 1 aliphatic rings. The Labute approximate surface area is 119 Å². The lowest BCUT2D eigenvalue weighted by Gasteiger charge is -2.30. The molecule has 0 bridgehead atoms. The summed E-state index contributed by atoms with van der Waals surface area (Å²) in [5.74, 6) is -1.14. The van der Waals surface area contributed by atoms with Crippen LogP contribution in [0.15, 0.2) is 23.1 Å². The number of alkyl halides is 3. The van der Waals surface area contributed by atoms with E-state index in [2.05, 4.69) is 0 Å². The zero-order valence-electron chi connectivity index (χ0n) is 10.9. The van der Waals surface area contributed by atoms with Gasteiger partial charge in [0.15, 0.2) is 0 Å². The zero-order chi connectivity index (χ0) is 15.8. The molecule has 0 spiro atoms. The van der Waals surface area contributed by atoms with Crippen molar-refractivity contribution in [2.75, 3.05) is 13.1 Å². The smallest absolute Gasteiger partial charge is 0.327 e. The molecule has 9 heteroatoms. The van der Waals surface area contributed by atoms with Crippen LogP contribution in [0, 0.1) is 5.82 Å². The summed E-state index contributed by atoms with van der Waals surface area (Å²) >= 11 is 0. The minimum Gasteiger partial charge on any atom is -0.327 e. The summed E-state index contributed by atoms with van der Waals surface area (Å²) in [6.45, 7) is 0.0573. The molecule has 0 amide bonds. The SMILES string of the molecule is NC1CCCN(S(=O)(=O)c2ccc(F)cc2C(F)(F)F)C1. The minimum absolute atomic E-state index is 0.0446. The second-order valence-electron chi connectivity index (χ2n) is 4.90. The van der Waals surface area contributed by atoms with Crippen LogP contribution >= 0.6 is 0 Å². The molecule has 1 unspecified atom stereocenters. The van der Waals surface area contributed by atoms with Crippen molar-refractivity contribution in [1.82, 2.24) is 4.31 Å². The average molecular weight is 326 g/mol. The van der Waals surface area contributed by atoms with Crippen molar-refractivity contribution in [3.8, 4) is 0 Å². The predicted molar refractivity (Wildman–Crippen MR) is 67.4 cm³/mol. The Morgan fingerprint density at radius 2 is 1.95 bits per heavy atom. The van der Waals surface area contributed by atoms with Gasteiger partial charge in [0.1, 0.15) is 5.82 Å². The normalized spacial score (nSPS) is 21.5. The molecule has 1 heterocycles. The van der Waals surface area contributed by atoms with Crippen molar-refractivity contribution in [3.63, 3.8) is 0 Å². The van der Waals surface area contributed by atoms with Crippen LogP contribution in [0.3, 0.4) is 0 Å². The predicted octanol–water partition coefficient (Wildman–Crippen LogP) is 1.96. The van der Waals surface area contributed by atoms with E-state index in [-0.39, 0.29) is 19.2 Å². The Hall–Kier alpha value is -1.19. The van der Waals surface area contributed by atoms with Gasteiger partial charge < -0.3 is 5.73 Å². The Morgan fingerprint density at radius 1 is 1.29 bits per heavy atom. The first-order valence-corrected chi connectivity index (χ1v) is 7.69. The number of sulfonamides is 1. The van der Waals surface area contributed by atoms with Crippen LogP contribution < -0.4 is 5.73 Å². The number of nitrogens with two attached hydrogens (primary N) is 1. The first kappa shape index (κ1) is 16.2. The number of rotatable bonds is 2. The summed E-state index contributed by atoms with van der Waals surface area (Å²) in [6.07, 6.45) is -3.87. The number of halogens is 4. The van der Waals surface area contributed by atoms with Gasteiger partial charge in [0.25, 0.3) is 0 Å². The Balaban J connectivity index is 2.50.